The standard InChI is InChI=1S/C45H68N2O.CO2/c1-30(2)35-18-23-45(46-26-27-47-33-10-9-11-34(47)29-48-28-33)25-24-43(7)37(40(35)45)16-17-39-42(6)21-19-36(32-14-12-31(3)13-15-32)41(4,5)38(42)20-22-44(39,43)8;2-1-3/h12-15,19,33-35,37-40,46H,1,9-11,16-18,20-29H2,2-8H3;/t33?,34?,35-,37+,38-,39+,40+,42-,43+,44+,45-;/m0./s1. The molecular weight excluding hydrogens is 629 g/mol. The Hall–Kier alpha value is -2.04. The number of rotatable bonds is 6. The molecule has 51 heavy (non-hydrogen) atoms. The minimum atomic E-state index is 0.197. The van der Waals surface area contributed by atoms with Crippen molar-refractivity contribution in [3.8, 4) is 0 Å². The second-order valence-electron chi connectivity index (χ2n) is 19.8. The number of piperidine rings is 1. The molecule has 5 aliphatic carbocycles. The monoisotopic (exact) mass is 697 g/mol. The maximum absolute atomic E-state index is 8.12. The largest absolute Gasteiger partial charge is 0.378 e. The number of benzene rings is 1. The number of allylic oxidation sites excluding steroid dienone is 3. The highest BCUT2D eigenvalue weighted by atomic mass is 16.5. The molecular formula is C46H68N2O3. The van der Waals surface area contributed by atoms with Crippen LogP contribution in [0.1, 0.15) is 130 Å². The molecule has 1 aromatic rings. The second-order valence-corrected chi connectivity index (χ2v) is 19.8. The van der Waals surface area contributed by atoms with Gasteiger partial charge in [-0.2, -0.15) is 9.59 Å². The van der Waals surface area contributed by atoms with Crippen molar-refractivity contribution >= 4 is 11.7 Å². The highest BCUT2D eigenvalue weighted by molar-refractivity contribution is 5.71. The first kappa shape index (κ1) is 37.3. The van der Waals surface area contributed by atoms with Gasteiger partial charge in [-0.25, -0.2) is 0 Å². The molecule has 0 amide bonds. The molecule has 11 atom stereocenters. The van der Waals surface area contributed by atoms with Gasteiger partial charge in [-0.15, -0.1) is 0 Å². The Labute approximate surface area is 309 Å². The third-order valence-corrected chi connectivity index (χ3v) is 17.5. The normalized spacial score (nSPS) is 43.9. The molecule has 5 nitrogen and oxygen atoms in total. The predicted octanol–water partition coefficient (Wildman–Crippen LogP) is 9.66. The van der Waals surface area contributed by atoms with Crippen molar-refractivity contribution < 1.29 is 14.3 Å². The van der Waals surface area contributed by atoms with Crippen LogP contribution in [0.3, 0.4) is 0 Å². The van der Waals surface area contributed by atoms with Crippen molar-refractivity contribution in [3.63, 3.8) is 0 Å². The van der Waals surface area contributed by atoms with Gasteiger partial charge in [0, 0.05) is 30.7 Å². The topological polar surface area (TPSA) is 58.6 Å². The Morgan fingerprint density at radius 3 is 2.24 bits per heavy atom. The molecule has 0 aromatic heterocycles. The summed E-state index contributed by atoms with van der Waals surface area (Å²) in [6.07, 6.45) is 19.3. The van der Waals surface area contributed by atoms with Gasteiger partial charge in [0.05, 0.1) is 13.2 Å². The summed E-state index contributed by atoms with van der Waals surface area (Å²) in [6, 6.07) is 10.7. The van der Waals surface area contributed by atoms with E-state index in [-0.39, 0.29) is 17.1 Å². The molecule has 2 bridgehead atoms. The first-order valence-corrected chi connectivity index (χ1v) is 20.8. The number of morpholine rings is 1. The fourth-order valence-electron chi connectivity index (χ4n) is 15.0. The summed E-state index contributed by atoms with van der Waals surface area (Å²) in [6.45, 7) is 27.0. The number of hydrogen-bond donors (Lipinski definition) is 1. The van der Waals surface area contributed by atoms with Crippen LogP contribution in [0, 0.1) is 58.2 Å². The van der Waals surface area contributed by atoms with Crippen molar-refractivity contribution in [2.45, 2.75) is 143 Å². The van der Waals surface area contributed by atoms with Gasteiger partial charge in [0.15, 0.2) is 0 Å². The van der Waals surface area contributed by atoms with Crippen LogP contribution in [0.15, 0.2) is 42.5 Å². The molecule has 2 aliphatic heterocycles. The van der Waals surface area contributed by atoms with Crippen LogP contribution in [0.5, 0.6) is 0 Å². The van der Waals surface area contributed by atoms with Crippen molar-refractivity contribution in [2.24, 2.45) is 51.2 Å². The van der Waals surface area contributed by atoms with E-state index in [4.69, 9.17) is 14.3 Å². The van der Waals surface area contributed by atoms with E-state index in [1.165, 1.54) is 100 Å². The van der Waals surface area contributed by atoms with Crippen LogP contribution in [0.25, 0.3) is 5.57 Å². The molecule has 280 valence electrons. The van der Waals surface area contributed by atoms with E-state index in [0.29, 0.717) is 34.2 Å². The number of nitrogens with one attached hydrogen (secondary N) is 1. The van der Waals surface area contributed by atoms with Gasteiger partial charge in [-0.05, 0) is 147 Å². The number of ether oxygens (including phenoxy) is 1. The average molecular weight is 697 g/mol. The number of fused-ring (bicyclic) bond motifs is 9. The fourth-order valence-corrected chi connectivity index (χ4v) is 15.0. The third kappa shape index (κ3) is 5.82. The van der Waals surface area contributed by atoms with Gasteiger partial charge in [-0.3, -0.25) is 4.90 Å². The minimum absolute atomic E-state index is 0.197. The molecule has 8 rings (SSSR count). The SMILES string of the molecule is C=C(C)[C@@H]1CC[C@]2(NCCN3C4CCCC3COC4)CC[C@]3(C)[C@H](CC[C@@H]4[C@@]5(C)CC=C(c6ccc(C)cc6)C(C)(C)[C@@H]5CC[C@]43C)[C@@H]12.O=C=O. The van der Waals surface area contributed by atoms with E-state index in [1.54, 1.807) is 5.57 Å². The first-order valence-electron chi connectivity index (χ1n) is 20.8. The number of aryl methyl sites for hydroxylation is 1. The van der Waals surface area contributed by atoms with Crippen molar-refractivity contribution in [1.82, 2.24) is 10.2 Å². The molecule has 2 heterocycles. The van der Waals surface area contributed by atoms with Crippen LogP contribution < -0.4 is 5.32 Å². The Morgan fingerprint density at radius 1 is 0.882 bits per heavy atom. The van der Waals surface area contributed by atoms with Crippen molar-refractivity contribution in [3.05, 3.63) is 53.6 Å². The van der Waals surface area contributed by atoms with Gasteiger partial charge in [0.25, 0.3) is 0 Å². The lowest BCUT2D eigenvalue weighted by Gasteiger charge is -2.72. The van der Waals surface area contributed by atoms with Gasteiger partial charge >= 0.3 is 6.15 Å². The highest BCUT2D eigenvalue weighted by Gasteiger charge is 2.70. The highest BCUT2D eigenvalue weighted by Crippen LogP contribution is 2.76. The van der Waals surface area contributed by atoms with Gasteiger partial charge in [-0.1, -0.05) is 89.1 Å². The van der Waals surface area contributed by atoms with E-state index in [1.807, 2.05) is 0 Å². The zero-order valence-electron chi connectivity index (χ0n) is 33.1. The summed E-state index contributed by atoms with van der Waals surface area (Å²) in [5, 5.41) is 4.41. The molecule has 0 spiro atoms. The van der Waals surface area contributed by atoms with Crippen LogP contribution in [-0.4, -0.2) is 55.0 Å². The number of hydrogen-bond acceptors (Lipinski definition) is 5. The van der Waals surface area contributed by atoms with Gasteiger partial charge in [0.2, 0.25) is 0 Å². The fraction of sp³-hybridized carbons (Fsp3) is 0.761. The Balaban J connectivity index is 0.00000131. The summed E-state index contributed by atoms with van der Waals surface area (Å²) in [7, 11) is 0. The van der Waals surface area contributed by atoms with Crippen molar-refractivity contribution in [2.75, 3.05) is 26.3 Å². The number of carbonyl (C=O) groups excluding carboxylic acids is 2. The second kappa shape index (κ2) is 13.7. The summed E-state index contributed by atoms with van der Waals surface area (Å²) in [5.74, 6) is 3.74. The van der Waals surface area contributed by atoms with E-state index in [9.17, 15) is 0 Å². The molecule has 1 N–H and O–H groups in total. The zero-order chi connectivity index (χ0) is 36.4. The molecule has 0 radical (unpaired) electrons. The maximum Gasteiger partial charge on any atom is 0.373 e. The lowest BCUT2D eigenvalue weighted by molar-refractivity contribution is -0.219. The smallest absolute Gasteiger partial charge is 0.373 e. The summed E-state index contributed by atoms with van der Waals surface area (Å²) < 4.78 is 6.00. The molecule has 1 aromatic carbocycles. The minimum Gasteiger partial charge on any atom is -0.378 e. The summed E-state index contributed by atoms with van der Waals surface area (Å²) in [4.78, 5) is 19.1. The Kier molecular flexibility index (Phi) is 9.99. The quantitative estimate of drug-likeness (QED) is 0.300. The lowest BCUT2D eigenvalue weighted by Crippen LogP contribution is -2.68. The van der Waals surface area contributed by atoms with E-state index in [0.717, 1.165) is 43.4 Å². The zero-order valence-corrected chi connectivity index (χ0v) is 33.1. The molecule has 2 saturated heterocycles. The molecule has 5 heteroatoms. The van der Waals surface area contributed by atoms with Crippen LogP contribution in [-0.2, 0) is 14.3 Å². The average Bonchev–Trinajstić information content (AvgIpc) is 3.46. The van der Waals surface area contributed by atoms with Crippen LogP contribution in [0.4, 0.5) is 0 Å². The first-order chi connectivity index (χ1) is 24.3. The van der Waals surface area contributed by atoms with E-state index < -0.39 is 0 Å². The maximum atomic E-state index is 8.12. The van der Waals surface area contributed by atoms with E-state index in [2.05, 4.69) is 95.6 Å². The Bertz CT molecular complexity index is 1500. The summed E-state index contributed by atoms with van der Waals surface area (Å²) >= 11 is 0. The molecule has 4 saturated carbocycles. The lowest BCUT2D eigenvalue weighted by atomic mass is 9.33. The van der Waals surface area contributed by atoms with Gasteiger partial charge in [0.1, 0.15) is 0 Å². The van der Waals surface area contributed by atoms with Crippen LogP contribution in [0.2, 0.25) is 0 Å². The molecule has 7 aliphatic rings. The number of nitrogens with zero attached hydrogens (tertiary/aromatic N) is 1. The molecule has 2 unspecified atom stereocenters. The van der Waals surface area contributed by atoms with Gasteiger partial charge < -0.3 is 10.1 Å². The predicted molar refractivity (Wildman–Crippen MR) is 206 cm³/mol. The third-order valence-electron chi connectivity index (χ3n) is 17.5. The van der Waals surface area contributed by atoms with Crippen molar-refractivity contribution in [1.29, 1.82) is 0 Å². The molecule has 6 fully saturated rings. The summed E-state index contributed by atoms with van der Waals surface area (Å²) in [5.41, 5.74) is 7.52. The Morgan fingerprint density at radius 2 is 1.57 bits per heavy atom. The van der Waals surface area contributed by atoms with Crippen LogP contribution >= 0.6 is 0 Å². The van der Waals surface area contributed by atoms with E-state index >= 15 is 0 Å².